The lowest BCUT2D eigenvalue weighted by Crippen LogP contribution is -2.14. The molecule has 0 unspecified atom stereocenters. The van der Waals surface area contributed by atoms with Crippen LogP contribution in [0.1, 0.15) is 32.2 Å². The van der Waals surface area contributed by atoms with Crippen LogP contribution in [0, 0.1) is 0 Å². The van der Waals surface area contributed by atoms with E-state index in [4.69, 9.17) is 15.3 Å². The smallest absolute Gasteiger partial charge is 0.308 e. The number of nitrogens with zero attached hydrogens (tertiary/aromatic N) is 4. The average molecular weight is 332 g/mol. The lowest BCUT2D eigenvalue weighted by molar-refractivity contribution is -0.132. The molecule has 0 aliphatic rings. The molecule has 0 bridgehead atoms. The van der Waals surface area contributed by atoms with E-state index in [2.05, 4.69) is 20.7 Å². The van der Waals surface area contributed by atoms with Crippen molar-refractivity contribution in [2.24, 2.45) is 5.10 Å². The normalized spacial score (nSPS) is 10.8. The second-order valence-corrected chi connectivity index (χ2v) is 4.77. The zero-order valence-corrected chi connectivity index (χ0v) is 13.8. The predicted octanol–water partition coefficient (Wildman–Crippen LogP) is 1.32. The number of rotatable bonds is 7. The fourth-order valence-corrected chi connectivity index (χ4v) is 1.92. The molecule has 0 saturated carbocycles. The fourth-order valence-electron chi connectivity index (χ4n) is 1.92. The van der Waals surface area contributed by atoms with Gasteiger partial charge in [0.25, 0.3) is 5.95 Å². The van der Waals surface area contributed by atoms with Gasteiger partial charge in [-0.3, -0.25) is 4.79 Å². The molecule has 0 saturated heterocycles. The first-order chi connectivity index (χ1) is 11.5. The second kappa shape index (κ2) is 7.95. The van der Waals surface area contributed by atoms with Gasteiger partial charge in [-0.25, -0.2) is 10.1 Å². The van der Waals surface area contributed by atoms with Gasteiger partial charge in [-0.05, 0) is 30.7 Å². The molecule has 2 rings (SSSR count). The summed E-state index contributed by atoms with van der Waals surface area (Å²) in [4.78, 5) is 11.1. The zero-order chi connectivity index (χ0) is 17.5. The van der Waals surface area contributed by atoms with Crippen LogP contribution < -0.4 is 20.7 Å². The third kappa shape index (κ3) is 4.22. The molecule has 0 amide bonds. The van der Waals surface area contributed by atoms with Crippen LogP contribution in [0.2, 0.25) is 0 Å². The highest BCUT2D eigenvalue weighted by molar-refractivity contribution is 5.82. The molecular formula is C15H20N6O3. The summed E-state index contributed by atoms with van der Waals surface area (Å²) in [6, 6.07) is 5.11. The summed E-state index contributed by atoms with van der Waals surface area (Å²) >= 11 is 0. The predicted molar refractivity (Wildman–Crippen MR) is 89.7 cm³/mol. The number of benzene rings is 1. The number of aryl methyl sites for hydroxylation is 1. The van der Waals surface area contributed by atoms with Crippen LogP contribution in [0.4, 0.5) is 5.95 Å². The van der Waals surface area contributed by atoms with Gasteiger partial charge in [-0.2, -0.15) is 5.10 Å². The van der Waals surface area contributed by atoms with Crippen LogP contribution >= 0.6 is 0 Å². The molecule has 0 radical (unpaired) electrons. The monoisotopic (exact) mass is 332 g/mol. The van der Waals surface area contributed by atoms with Crippen molar-refractivity contribution >= 4 is 18.1 Å². The van der Waals surface area contributed by atoms with Crippen molar-refractivity contribution in [1.82, 2.24) is 14.9 Å². The topological polar surface area (TPSA) is 117 Å². The van der Waals surface area contributed by atoms with Crippen molar-refractivity contribution < 1.29 is 14.3 Å². The van der Waals surface area contributed by atoms with Gasteiger partial charge in [-0.15, -0.1) is 10.2 Å². The Morgan fingerprint density at radius 3 is 2.79 bits per heavy atom. The van der Waals surface area contributed by atoms with E-state index in [-0.39, 0.29) is 0 Å². The third-order valence-electron chi connectivity index (χ3n) is 2.98. The molecule has 0 aliphatic heterocycles. The van der Waals surface area contributed by atoms with Crippen molar-refractivity contribution in [3.05, 3.63) is 29.6 Å². The van der Waals surface area contributed by atoms with Gasteiger partial charge in [0.2, 0.25) is 0 Å². The largest absolute Gasteiger partial charge is 0.490 e. The Kier molecular flexibility index (Phi) is 5.72. The molecule has 3 N–H and O–H groups in total. The molecule has 9 nitrogen and oxygen atoms in total. The quantitative estimate of drug-likeness (QED) is 0.258. The number of anilines is 1. The van der Waals surface area contributed by atoms with E-state index in [1.165, 1.54) is 11.6 Å². The van der Waals surface area contributed by atoms with Crippen LogP contribution in [-0.4, -0.2) is 33.7 Å². The number of ether oxygens (including phenoxy) is 2. The number of carbonyl (C=O) groups excluding carboxylic acids is 1. The highest BCUT2D eigenvalue weighted by Crippen LogP contribution is 2.28. The van der Waals surface area contributed by atoms with Crippen LogP contribution in [0.3, 0.4) is 0 Å². The number of carbonyl (C=O) groups is 1. The lowest BCUT2D eigenvalue weighted by Gasteiger charge is -2.10. The maximum Gasteiger partial charge on any atom is 0.308 e. The van der Waals surface area contributed by atoms with E-state index in [9.17, 15) is 4.79 Å². The van der Waals surface area contributed by atoms with Gasteiger partial charge in [0.15, 0.2) is 17.3 Å². The molecule has 0 atom stereocenters. The van der Waals surface area contributed by atoms with E-state index >= 15 is 0 Å². The first-order valence-corrected chi connectivity index (χ1v) is 7.48. The molecular weight excluding hydrogens is 312 g/mol. The minimum Gasteiger partial charge on any atom is -0.490 e. The number of aromatic nitrogens is 3. The number of hydrogen-bond donors (Lipinski definition) is 2. The van der Waals surface area contributed by atoms with Crippen molar-refractivity contribution in [2.45, 2.75) is 27.2 Å². The Bertz CT molecular complexity index is 741. The SMILES string of the molecule is CCOc1cc(/C=N/Nc2nnc(CC)n2N)ccc1OC(C)=O. The number of nitrogen functional groups attached to an aromatic ring is 1. The van der Waals surface area contributed by atoms with Gasteiger partial charge < -0.3 is 15.3 Å². The number of esters is 1. The number of nitrogens with one attached hydrogen (secondary N) is 1. The average Bonchev–Trinajstić information content (AvgIpc) is 2.90. The van der Waals surface area contributed by atoms with E-state index in [0.29, 0.717) is 36.3 Å². The first kappa shape index (κ1) is 17.3. The van der Waals surface area contributed by atoms with Gasteiger partial charge in [-0.1, -0.05) is 6.92 Å². The number of nitrogens with two attached hydrogens (primary N) is 1. The van der Waals surface area contributed by atoms with Crippen LogP contribution in [0.15, 0.2) is 23.3 Å². The van der Waals surface area contributed by atoms with Crippen molar-refractivity contribution in [1.29, 1.82) is 0 Å². The lowest BCUT2D eigenvalue weighted by atomic mass is 10.2. The van der Waals surface area contributed by atoms with E-state index in [1.54, 1.807) is 24.4 Å². The van der Waals surface area contributed by atoms with Crippen LogP contribution in [-0.2, 0) is 11.2 Å². The minimum absolute atomic E-state index is 0.338. The van der Waals surface area contributed by atoms with Crippen LogP contribution in [0.25, 0.3) is 0 Å². The molecule has 24 heavy (non-hydrogen) atoms. The molecule has 2 aromatic rings. The van der Waals surface area contributed by atoms with E-state index in [1.807, 2.05) is 13.8 Å². The Hall–Kier alpha value is -3.10. The third-order valence-corrected chi connectivity index (χ3v) is 2.98. The summed E-state index contributed by atoms with van der Waals surface area (Å²) < 4.78 is 11.9. The van der Waals surface area contributed by atoms with E-state index < -0.39 is 5.97 Å². The molecule has 0 aliphatic carbocycles. The standard InChI is InChI=1S/C15H20N6O3/c1-4-14-18-20-15(21(14)16)19-17-9-11-6-7-12(24-10(3)22)13(8-11)23-5-2/h6-9H,4-5,16H2,1-3H3,(H,19,20)/b17-9+. The molecule has 1 heterocycles. The molecule has 1 aromatic heterocycles. The fraction of sp³-hybridized carbons (Fsp3) is 0.333. The highest BCUT2D eigenvalue weighted by atomic mass is 16.6. The summed E-state index contributed by atoms with van der Waals surface area (Å²) in [7, 11) is 0. The molecule has 128 valence electrons. The van der Waals surface area contributed by atoms with Gasteiger partial charge in [0, 0.05) is 13.3 Å². The Balaban J connectivity index is 2.12. The summed E-state index contributed by atoms with van der Waals surface area (Å²) in [6.45, 7) is 5.56. The maximum atomic E-state index is 11.1. The first-order valence-electron chi connectivity index (χ1n) is 7.48. The summed E-state index contributed by atoms with van der Waals surface area (Å²) in [6.07, 6.45) is 2.24. The zero-order valence-electron chi connectivity index (χ0n) is 13.8. The number of hydrogen-bond acceptors (Lipinski definition) is 8. The molecule has 0 fully saturated rings. The summed E-state index contributed by atoms with van der Waals surface area (Å²) in [5, 5.41) is 11.9. The highest BCUT2D eigenvalue weighted by Gasteiger charge is 2.09. The number of hydrazone groups is 1. The second-order valence-electron chi connectivity index (χ2n) is 4.77. The molecule has 0 spiro atoms. The van der Waals surface area contributed by atoms with Gasteiger partial charge in [0.05, 0.1) is 12.8 Å². The van der Waals surface area contributed by atoms with Crippen molar-refractivity contribution in [3.63, 3.8) is 0 Å². The van der Waals surface area contributed by atoms with Crippen LogP contribution in [0.5, 0.6) is 11.5 Å². The maximum absolute atomic E-state index is 11.1. The Labute approximate surface area is 139 Å². The van der Waals surface area contributed by atoms with Crippen molar-refractivity contribution in [3.8, 4) is 11.5 Å². The minimum atomic E-state index is -0.409. The van der Waals surface area contributed by atoms with Gasteiger partial charge in [0.1, 0.15) is 0 Å². The van der Waals surface area contributed by atoms with Gasteiger partial charge >= 0.3 is 5.97 Å². The Morgan fingerprint density at radius 1 is 1.38 bits per heavy atom. The molecule has 1 aromatic carbocycles. The van der Waals surface area contributed by atoms with E-state index in [0.717, 1.165) is 5.56 Å². The summed E-state index contributed by atoms with van der Waals surface area (Å²) in [5.41, 5.74) is 3.47. The van der Waals surface area contributed by atoms with Crippen molar-refractivity contribution in [2.75, 3.05) is 17.9 Å². The summed E-state index contributed by atoms with van der Waals surface area (Å²) in [5.74, 6) is 7.22. The Morgan fingerprint density at radius 2 is 2.17 bits per heavy atom. The molecule has 9 heteroatoms.